The normalized spacial score (nSPS) is 11.1. The second kappa shape index (κ2) is 10.3. The van der Waals surface area contributed by atoms with Gasteiger partial charge in [-0.05, 0) is 41.0 Å². The molecule has 0 saturated carbocycles. The van der Waals surface area contributed by atoms with Crippen LogP contribution in [0.15, 0.2) is 72.8 Å². The van der Waals surface area contributed by atoms with Crippen molar-refractivity contribution in [1.82, 2.24) is 4.90 Å². The number of carbonyl (C=O) groups excluding carboxylic acids is 1. The Morgan fingerprint density at radius 2 is 1.53 bits per heavy atom. The minimum atomic E-state index is -3.12. The zero-order valence-electron chi connectivity index (χ0n) is 18.4. The number of methoxy groups -OCH3 is 1. The van der Waals surface area contributed by atoms with E-state index in [0.717, 1.165) is 11.1 Å². The van der Waals surface area contributed by atoms with Crippen molar-refractivity contribution in [3.63, 3.8) is 0 Å². The lowest BCUT2D eigenvalue weighted by Crippen LogP contribution is -2.26. The Bertz CT molecular complexity index is 1160. The van der Waals surface area contributed by atoms with E-state index >= 15 is 0 Å². The lowest BCUT2D eigenvalue weighted by atomic mass is 10.1. The fraction of sp³-hybridized carbons (Fsp3) is 0.240. The van der Waals surface area contributed by atoms with Gasteiger partial charge < -0.3 is 14.4 Å². The number of hydrogen-bond donors (Lipinski definition) is 0. The topological polar surface area (TPSA) is 72.9 Å². The van der Waals surface area contributed by atoms with E-state index < -0.39 is 9.84 Å². The first-order valence-corrected chi connectivity index (χ1v) is 12.2. The molecule has 7 heteroatoms. The highest BCUT2D eigenvalue weighted by atomic mass is 32.2. The van der Waals surface area contributed by atoms with E-state index in [4.69, 9.17) is 9.47 Å². The Morgan fingerprint density at radius 1 is 0.875 bits per heavy atom. The van der Waals surface area contributed by atoms with Crippen molar-refractivity contribution in [3.05, 3.63) is 95.1 Å². The number of sulfone groups is 1. The van der Waals surface area contributed by atoms with E-state index in [1.54, 1.807) is 43.3 Å². The summed E-state index contributed by atoms with van der Waals surface area (Å²) in [6, 6.07) is 22.1. The highest BCUT2D eigenvalue weighted by molar-refractivity contribution is 7.89. The summed E-state index contributed by atoms with van der Waals surface area (Å²) in [7, 11) is 0.191. The van der Waals surface area contributed by atoms with Gasteiger partial charge in [0, 0.05) is 25.4 Å². The predicted molar refractivity (Wildman–Crippen MR) is 125 cm³/mol. The summed E-state index contributed by atoms with van der Waals surface area (Å²) in [6.07, 6.45) is 1.19. The van der Waals surface area contributed by atoms with E-state index in [1.807, 2.05) is 48.5 Å². The van der Waals surface area contributed by atoms with Crippen LogP contribution in [-0.4, -0.2) is 39.6 Å². The van der Waals surface area contributed by atoms with Crippen LogP contribution in [0.1, 0.15) is 27.0 Å². The molecule has 0 radical (unpaired) electrons. The molecule has 0 spiro atoms. The molecule has 0 fully saturated rings. The molecule has 0 aromatic heterocycles. The summed E-state index contributed by atoms with van der Waals surface area (Å²) in [5, 5.41) is 0. The Hall–Kier alpha value is -3.32. The van der Waals surface area contributed by atoms with Crippen LogP contribution in [0.3, 0.4) is 0 Å². The van der Waals surface area contributed by atoms with Gasteiger partial charge in [-0.3, -0.25) is 4.79 Å². The smallest absolute Gasteiger partial charge is 0.253 e. The Morgan fingerprint density at radius 3 is 2.16 bits per heavy atom. The van der Waals surface area contributed by atoms with Crippen molar-refractivity contribution >= 4 is 15.7 Å². The van der Waals surface area contributed by atoms with Crippen LogP contribution in [0.5, 0.6) is 11.5 Å². The van der Waals surface area contributed by atoms with E-state index in [1.165, 1.54) is 6.26 Å². The van der Waals surface area contributed by atoms with E-state index in [-0.39, 0.29) is 11.7 Å². The molecule has 0 saturated heterocycles. The number of benzene rings is 3. The maximum atomic E-state index is 12.8. The Labute approximate surface area is 189 Å². The number of nitrogens with zero attached hydrogens (tertiary/aromatic N) is 1. The maximum Gasteiger partial charge on any atom is 0.253 e. The third kappa shape index (κ3) is 6.59. The van der Waals surface area contributed by atoms with Crippen LogP contribution < -0.4 is 9.47 Å². The van der Waals surface area contributed by atoms with Crippen LogP contribution >= 0.6 is 0 Å². The van der Waals surface area contributed by atoms with Gasteiger partial charge in [0.15, 0.2) is 21.3 Å². The van der Waals surface area contributed by atoms with Crippen molar-refractivity contribution in [2.45, 2.75) is 18.9 Å². The molecule has 0 N–H and O–H groups in total. The number of amides is 1. The van der Waals surface area contributed by atoms with Crippen LogP contribution in [-0.2, 0) is 28.7 Å². The first-order chi connectivity index (χ1) is 15.2. The maximum absolute atomic E-state index is 12.8. The average Bonchev–Trinajstić information content (AvgIpc) is 2.77. The van der Waals surface area contributed by atoms with Gasteiger partial charge in [0.2, 0.25) is 0 Å². The van der Waals surface area contributed by atoms with Gasteiger partial charge in [0.05, 0.1) is 12.9 Å². The molecule has 0 atom stereocenters. The lowest BCUT2D eigenvalue weighted by Gasteiger charge is -2.19. The summed E-state index contributed by atoms with van der Waals surface area (Å²) in [4.78, 5) is 14.4. The second-order valence-electron chi connectivity index (χ2n) is 7.69. The van der Waals surface area contributed by atoms with E-state index in [9.17, 15) is 13.2 Å². The van der Waals surface area contributed by atoms with Gasteiger partial charge in [0.1, 0.15) is 6.61 Å². The average molecular weight is 454 g/mol. The number of ether oxygens (including phenoxy) is 2. The molecule has 1 amide bonds. The molecule has 6 nitrogen and oxygen atoms in total. The molecule has 32 heavy (non-hydrogen) atoms. The number of carbonyl (C=O) groups is 1. The van der Waals surface area contributed by atoms with E-state index in [2.05, 4.69) is 0 Å². The molecule has 168 valence electrons. The van der Waals surface area contributed by atoms with Crippen LogP contribution in [0, 0.1) is 0 Å². The highest BCUT2D eigenvalue weighted by Gasteiger charge is 2.14. The lowest BCUT2D eigenvalue weighted by molar-refractivity contribution is 0.0785. The van der Waals surface area contributed by atoms with Crippen molar-refractivity contribution in [3.8, 4) is 11.5 Å². The Kier molecular flexibility index (Phi) is 7.53. The molecule has 0 aliphatic heterocycles. The summed E-state index contributed by atoms with van der Waals surface area (Å²) < 4.78 is 34.2. The largest absolute Gasteiger partial charge is 0.493 e. The zero-order chi connectivity index (χ0) is 23.1. The minimum Gasteiger partial charge on any atom is -0.493 e. The molecule has 3 aromatic carbocycles. The molecular formula is C25H27NO5S. The second-order valence-corrected chi connectivity index (χ2v) is 9.83. The third-order valence-electron chi connectivity index (χ3n) is 4.86. The van der Waals surface area contributed by atoms with E-state index in [0.29, 0.717) is 35.8 Å². The monoisotopic (exact) mass is 453 g/mol. The van der Waals surface area contributed by atoms with Crippen molar-refractivity contribution < 1.29 is 22.7 Å². The molecule has 0 bridgehead atoms. The summed E-state index contributed by atoms with van der Waals surface area (Å²) >= 11 is 0. The predicted octanol–water partition coefficient (Wildman–Crippen LogP) is 4.09. The van der Waals surface area contributed by atoms with Crippen LogP contribution in [0.25, 0.3) is 0 Å². The summed E-state index contributed by atoms with van der Waals surface area (Å²) in [5.41, 5.74) is 3.12. The highest BCUT2D eigenvalue weighted by Crippen LogP contribution is 2.29. The van der Waals surface area contributed by atoms with Gasteiger partial charge >= 0.3 is 0 Å². The van der Waals surface area contributed by atoms with Crippen molar-refractivity contribution in [2.24, 2.45) is 0 Å². The summed E-state index contributed by atoms with van der Waals surface area (Å²) in [6.45, 7) is 0.823. The molecule has 3 rings (SSSR count). The van der Waals surface area contributed by atoms with Gasteiger partial charge in [0.25, 0.3) is 5.91 Å². The molecule has 0 unspecified atom stereocenters. The fourth-order valence-corrected chi connectivity index (χ4v) is 4.08. The third-order valence-corrected chi connectivity index (χ3v) is 5.72. The van der Waals surface area contributed by atoms with Crippen molar-refractivity contribution in [2.75, 3.05) is 20.4 Å². The first-order valence-electron chi connectivity index (χ1n) is 10.1. The van der Waals surface area contributed by atoms with Crippen LogP contribution in [0.2, 0.25) is 0 Å². The standard InChI is InChI=1S/C25H27NO5S/c1-26(25(27)22-12-9-20(10-13-22)18-32(3,28)29)16-21-11-14-23(24(15-21)30-2)31-17-19-7-5-4-6-8-19/h4-15H,16-18H2,1-3H3. The summed E-state index contributed by atoms with van der Waals surface area (Å²) in [5.74, 6) is 1.04. The molecular weight excluding hydrogens is 426 g/mol. The number of rotatable bonds is 9. The number of hydrogen-bond acceptors (Lipinski definition) is 5. The van der Waals surface area contributed by atoms with Gasteiger partial charge in [-0.2, -0.15) is 0 Å². The van der Waals surface area contributed by atoms with Gasteiger partial charge in [-0.1, -0.05) is 48.5 Å². The Balaban J connectivity index is 1.64. The molecule has 0 aliphatic carbocycles. The fourth-order valence-electron chi connectivity index (χ4n) is 3.28. The van der Waals surface area contributed by atoms with Crippen LogP contribution in [0.4, 0.5) is 0 Å². The quantitative estimate of drug-likeness (QED) is 0.488. The minimum absolute atomic E-state index is 0.0458. The zero-order valence-corrected chi connectivity index (χ0v) is 19.3. The van der Waals surface area contributed by atoms with Crippen molar-refractivity contribution in [1.29, 1.82) is 0 Å². The molecule has 0 aliphatic rings. The first kappa shape index (κ1) is 23.3. The molecule has 3 aromatic rings. The van der Waals surface area contributed by atoms with Gasteiger partial charge in [-0.25, -0.2) is 8.42 Å². The van der Waals surface area contributed by atoms with Gasteiger partial charge in [-0.15, -0.1) is 0 Å². The molecule has 0 heterocycles. The SMILES string of the molecule is COc1cc(CN(C)C(=O)c2ccc(CS(C)(=O)=O)cc2)ccc1OCc1ccccc1.